The fourth-order valence-electron chi connectivity index (χ4n) is 2.60. The number of ketones is 1. The number of fused-ring (bicyclic) bond motifs is 1. The monoisotopic (exact) mass is 357 g/mol. The van der Waals surface area contributed by atoms with E-state index in [-0.39, 0.29) is 5.78 Å². The second-order valence-corrected chi connectivity index (χ2v) is 6.64. The third-order valence-electron chi connectivity index (χ3n) is 3.84. The Morgan fingerprint density at radius 3 is 2.48 bits per heavy atom. The van der Waals surface area contributed by atoms with E-state index in [0.717, 1.165) is 26.5 Å². The van der Waals surface area contributed by atoms with Crippen molar-refractivity contribution in [2.45, 2.75) is 12.8 Å². The van der Waals surface area contributed by atoms with E-state index >= 15 is 0 Å². The average Bonchev–Trinajstić information content (AvgIpc) is 3.02. The van der Waals surface area contributed by atoms with Gasteiger partial charge in [-0.1, -0.05) is 6.07 Å². The summed E-state index contributed by atoms with van der Waals surface area (Å²) in [5, 5.41) is 0.814. The second-order valence-electron chi connectivity index (χ2n) is 5.52. The Balaban J connectivity index is 1.72. The van der Waals surface area contributed by atoms with Crippen LogP contribution in [0.25, 0.3) is 10.2 Å². The molecular weight excluding hydrogens is 338 g/mol. The summed E-state index contributed by atoms with van der Waals surface area (Å²) in [5.41, 5.74) is 1.78. The highest BCUT2D eigenvalue weighted by atomic mass is 32.1. The van der Waals surface area contributed by atoms with Crippen molar-refractivity contribution in [2.75, 3.05) is 21.3 Å². The van der Waals surface area contributed by atoms with Gasteiger partial charge in [0, 0.05) is 6.42 Å². The smallest absolute Gasteiger partial charge is 0.161 e. The summed E-state index contributed by atoms with van der Waals surface area (Å²) >= 11 is 1.52. The first-order valence-electron chi connectivity index (χ1n) is 7.79. The van der Waals surface area contributed by atoms with Crippen molar-refractivity contribution in [3.63, 3.8) is 0 Å². The van der Waals surface area contributed by atoms with Crippen LogP contribution in [-0.2, 0) is 17.6 Å². The van der Waals surface area contributed by atoms with Gasteiger partial charge < -0.3 is 14.2 Å². The standard InChI is InChI=1S/C19H19NO4S/c1-22-14-5-6-15-18(11-14)25-19(20-15)10-13(21)8-12-4-7-16(23-2)17(9-12)24-3/h4-7,9,11H,8,10H2,1-3H3. The minimum atomic E-state index is 0.109. The minimum absolute atomic E-state index is 0.109. The molecule has 3 aromatic rings. The largest absolute Gasteiger partial charge is 0.497 e. The molecule has 6 heteroatoms. The van der Waals surface area contributed by atoms with Gasteiger partial charge in [-0.05, 0) is 35.9 Å². The van der Waals surface area contributed by atoms with Crippen LogP contribution in [-0.4, -0.2) is 32.1 Å². The summed E-state index contributed by atoms with van der Waals surface area (Å²) < 4.78 is 16.7. The Hall–Kier alpha value is -2.60. The molecular formula is C19H19NO4S. The lowest BCUT2D eigenvalue weighted by atomic mass is 10.1. The van der Waals surface area contributed by atoms with Gasteiger partial charge in [0.05, 0.1) is 38.0 Å². The van der Waals surface area contributed by atoms with E-state index < -0.39 is 0 Å². The number of hydrogen-bond acceptors (Lipinski definition) is 6. The van der Waals surface area contributed by atoms with Gasteiger partial charge in [-0.2, -0.15) is 0 Å². The lowest BCUT2D eigenvalue weighted by Crippen LogP contribution is -2.06. The van der Waals surface area contributed by atoms with Crippen LogP contribution in [0.5, 0.6) is 17.2 Å². The molecule has 0 unspecified atom stereocenters. The molecule has 0 aliphatic heterocycles. The number of carbonyl (C=O) groups is 1. The quantitative estimate of drug-likeness (QED) is 0.646. The van der Waals surface area contributed by atoms with E-state index in [0.29, 0.717) is 24.3 Å². The fourth-order valence-corrected chi connectivity index (χ4v) is 3.63. The zero-order valence-electron chi connectivity index (χ0n) is 14.4. The molecule has 0 spiro atoms. The Kier molecular flexibility index (Phi) is 5.19. The van der Waals surface area contributed by atoms with Crippen LogP contribution in [0.3, 0.4) is 0 Å². The van der Waals surface area contributed by atoms with Crippen molar-refractivity contribution in [2.24, 2.45) is 0 Å². The maximum atomic E-state index is 12.4. The van der Waals surface area contributed by atoms with Gasteiger partial charge in [0.2, 0.25) is 0 Å². The van der Waals surface area contributed by atoms with E-state index in [9.17, 15) is 4.79 Å². The summed E-state index contributed by atoms with van der Waals surface area (Å²) in [6.45, 7) is 0. The number of rotatable bonds is 7. The molecule has 0 aliphatic carbocycles. The molecule has 0 aliphatic rings. The third-order valence-corrected chi connectivity index (χ3v) is 4.86. The molecule has 0 amide bonds. The highest BCUT2D eigenvalue weighted by Gasteiger charge is 2.12. The van der Waals surface area contributed by atoms with Crippen LogP contribution in [0.4, 0.5) is 0 Å². The van der Waals surface area contributed by atoms with Gasteiger partial charge in [-0.25, -0.2) is 4.98 Å². The Morgan fingerprint density at radius 2 is 1.76 bits per heavy atom. The highest BCUT2D eigenvalue weighted by molar-refractivity contribution is 7.18. The summed E-state index contributed by atoms with van der Waals surface area (Å²) in [6.07, 6.45) is 0.648. The van der Waals surface area contributed by atoms with E-state index in [1.807, 2.05) is 36.4 Å². The van der Waals surface area contributed by atoms with Crippen molar-refractivity contribution in [1.82, 2.24) is 4.98 Å². The molecule has 0 fully saturated rings. The van der Waals surface area contributed by atoms with Gasteiger partial charge in [0.25, 0.3) is 0 Å². The maximum Gasteiger partial charge on any atom is 0.161 e. The van der Waals surface area contributed by atoms with Crippen LogP contribution in [0.15, 0.2) is 36.4 Å². The molecule has 1 heterocycles. The molecule has 5 nitrogen and oxygen atoms in total. The Bertz CT molecular complexity index is 904. The lowest BCUT2D eigenvalue weighted by Gasteiger charge is -2.09. The molecule has 3 rings (SSSR count). The predicted octanol–water partition coefficient (Wildman–Crippen LogP) is 3.68. The molecule has 0 atom stereocenters. The predicted molar refractivity (Wildman–Crippen MR) is 98.1 cm³/mol. The Labute approximate surface area is 150 Å². The van der Waals surface area contributed by atoms with Crippen LogP contribution >= 0.6 is 11.3 Å². The maximum absolute atomic E-state index is 12.4. The normalized spacial score (nSPS) is 10.7. The van der Waals surface area contributed by atoms with Crippen LogP contribution in [0.2, 0.25) is 0 Å². The van der Waals surface area contributed by atoms with Crippen molar-refractivity contribution in [1.29, 1.82) is 0 Å². The van der Waals surface area contributed by atoms with Crippen LogP contribution in [0.1, 0.15) is 10.6 Å². The van der Waals surface area contributed by atoms with Gasteiger partial charge in [-0.15, -0.1) is 11.3 Å². The first-order valence-corrected chi connectivity index (χ1v) is 8.60. The molecule has 0 N–H and O–H groups in total. The molecule has 0 saturated heterocycles. The average molecular weight is 357 g/mol. The highest BCUT2D eigenvalue weighted by Crippen LogP contribution is 2.29. The first kappa shape index (κ1) is 17.2. The number of aromatic nitrogens is 1. The zero-order chi connectivity index (χ0) is 17.8. The van der Waals surface area contributed by atoms with Gasteiger partial charge >= 0.3 is 0 Å². The molecule has 0 bridgehead atoms. The van der Waals surface area contributed by atoms with Crippen molar-refractivity contribution < 1.29 is 19.0 Å². The summed E-state index contributed by atoms with van der Waals surface area (Å²) in [7, 11) is 4.80. The molecule has 1 aromatic heterocycles. The molecule has 0 radical (unpaired) electrons. The number of benzene rings is 2. The summed E-state index contributed by atoms with van der Waals surface area (Å²) in [4.78, 5) is 16.9. The van der Waals surface area contributed by atoms with E-state index in [4.69, 9.17) is 14.2 Å². The molecule has 0 saturated carbocycles. The van der Waals surface area contributed by atoms with E-state index in [1.165, 1.54) is 11.3 Å². The van der Waals surface area contributed by atoms with E-state index in [1.54, 1.807) is 21.3 Å². The number of nitrogens with zero attached hydrogens (tertiary/aromatic N) is 1. The third kappa shape index (κ3) is 3.91. The van der Waals surface area contributed by atoms with E-state index in [2.05, 4.69) is 4.98 Å². The molecule has 2 aromatic carbocycles. The molecule has 25 heavy (non-hydrogen) atoms. The lowest BCUT2D eigenvalue weighted by molar-refractivity contribution is -0.117. The number of carbonyl (C=O) groups excluding carboxylic acids is 1. The topological polar surface area (TPSA) is 57.7 Å². The number of methoxy groups -OCH3 is 3. The fraction of sp³-hybridized carbons (Fsp3) is 0.263. The van der Waals surface area contributed by atoms with Crippen molar-refractivity contribution in [3.8, 4) is 17.2 Å². The van der Waals surface area contributed by atoms with Gasteiger partial charge in [0.15, 0.2) is 11.5 Å². The van der Waals surface area contributed by atoms with Gasteiger partial charge in [0.1, 0.15) is 16.5 Å². The summed E-state index contributed by atoms with van der Waals surface area (Å²) in [6, 6.07) is 11.2. The zero-order valence-corrected chi connectivity index (χ0v) is 15.2. The summed E-state index contributed by atoms with van der Waals surface area (Å²) in [5.74, 6) is 2.18. The SMILES string of the molecule is COc1ccc2nc(CC(=O)Cc3ccc(OC)c(OC)c3)sc2c1. The number of thiazole rings is 1. The van der Waals surface area contributed by atoms with Crippen LogP contribution < -0.4 is 14.2 Å². The number of hydrogen-bond donors (Lipinski definition) is 0. The second kappa shape index (κ2) is 7.53. The number of Topliss-reactive ketones (excluding diaryl/α,β-unsaturated/α-hetero) is 1. The Morgan fingerprint density at radius 1 is 0.960 bits per heavy atom. The molecule has 130 valence electrons. The first-order chi connectivity index (χ1) is 12.1. The minimum Gasteiger partial charge on any atom is -0.497 e. The van der Waals surface area contributed by atoms with Crippen LogP contribution in [0, 0.1) is 0 Å². The van der Waals surface area contributed by atoms with Crippen molar-refractivity contribution in [3.05, 3.63) is 47.0 Å². The van der Waals surface area contributed by atoms with Crippen molar-refractivity contribution >= 4 is 27.3 Å². The van der Waals surface area contributed by atoms with Gasteiger partial charge in [-0.3, -0.25) is 4.79 Å². The number of ether oxygens (including phenoxy) is 3.